The number of aromatic nitrogens is 1. The second-order valence-corrected chi connectivity index (χ2v) is 7.32. The summed E-state index contributed by atoms with van der Waals surface area (Å²) in [6.07, 6.45) is -3.41. The summed E-state index contributed by atoms with van der Waals surface area (Å²) in [5, 5.41) is -0.616. The minimum absolute atomic E-state index is 0.0404. The predicted molar refractivity (Wildman–Crippen MR) is 84.2 cm³/mol. The Morgan fingerprint density at radius 1 is 1.04 bits per heavy atom. The van der Waals surface area contributed by atoms with E-state index < -0.39 is 38.4 Å². The molecule has 0 spiro atoms. The van der Waals surface area contributed by atoms with Gasteiger partial charge in [-0.25, -0.2) is 17.8 Å². The highest BCUT2D eigenvalue weighted by Gasteiger charge is 2.31. The zero-order valence-corrected chi connectivity index (χ0v) is 13.8. The molecule has 3 rings (SSSR count). The van der Waals surface area contributed by atoms with Gasteiger partial charge in [-0.15, -0.1) is 0 Å². The van der Waals surface area contributed by atoms with Crippen LogP contribution in [0.3, 0.4) is 0 Å². The maximum atomic E-state index is 12.9. The van der Waals surface area contributed by atoms with Gasteiger partial charge in [0.2, 0.25) is 9.84 Å². The van der Waals surface area contributed by atoms with Crippen LogP contribution in [0.5, 0.6) is 0 Å². The van der Waals surface area contributed by atoms with Crippen molar-refractivity contribution in [3.8, 4) is 11.3 Å². The van der Waals surface area contributed by atoms with Gasteiger partial charge in [0.05, 0.1) is 17.5 Å². The molecule has 9 heteroatoms. The smallest absolute Gasteiger partial charge is 0.416 e. The zero-order chi connectivity index (χ0) is 18.9. The average molecular weight is 385 g/mol. The van der Waals surface area contributed by atoms with Crippen molar-refractivity contribution in [1.29, 1.82) is 0 Å². The van der Waals surface area contributed by atoms with E-state index >= 15 is 0 Å². The summed E-state index contributed by atoms with van der Waals surface area (Å²) in [5.41, 5.74) is -0.564. The van der Waals surface area contributed by atoms with Gasteiger partial charge in [-0.1, -0.05) is 18.2 Å². The minimum Gasteiger partial charge on any atom is -0.428 e. The molecule has 1 heterocycles. The van der Waals surface area contributed by atoms with E-state index in [1.807, 2.05) is 0 Å². The Kier molecular flexibility index (Phi) is 4.57. The molecule has 0 saturated heterocycles. The fraction of sp³-hybridized carbons (Fsp3) is 0.118. The first-order valence-corrected chi connectivity index (χ1v) is 8.91. The molecular formula is C17H11F4NO3S. The highest BCUT2D eigenvalue weighted by Crippen LogP contribution is 2.30. The van der Waals surface area contributed by atoms with E-state index in [1.165, 1.54) is 30.3 Å². The number of hydrogen-bond acceptors (Lipinski definition) is 4. The summed E-state index contributed by atoms with van der Waals surface area (Å²) in [7, 11) is -4.09. The number of rotatable bonds is 4. The van der Waals surface area contributed by atoms with Crippen LogP contribution >= 0.6 is 0 Å². The lowest BCUT2D eigenvalue weighted by Gasteiger charge is -2.08. The van der Waals surface area contributed by atoms with E-state index in [0.29, 0.717) is 5.56 Å². The number of benzene rings is 2. The molecule has 0 aliphatic rings. The van der Waals surface area contributed by atoms with Gasteiger partial charge < -0.3 is 4.42 Å². The molecule has 0 bridgehead atoms. The van der Waals surface area contributed by atoms with Crippen LogP contribution in [-0.2, 0) is 21.8 Å². The first-order chi connectivity index (χ1) is 12.1. The summed E-state index contributed by atoms with van der Waals surface area (Å²) in [5.74, 6) is -1.06. The molecule has 3 aromatic rings. The van der Waals surface area contributed by atoms with Gasteiger partial charge >= 0.3 is 11.4 Å². The van der Waals surface area contributed by atoms with Crippen LogP contribution in [0.1, 0.15) is 11.1 Å². The first-order valence-electron chi connectivity index (χ1n) is 7.26. The minimum atomic E-state index is -4.57. The Bertz CT molecular complexity index is 1020. The van der Waals surface area contributed by atoms with Crippen molar-refractivity contribution in [2.24, 2.45) is 0 Å². The van der Waals surface area contributed by atoms with Gasteiger partial charge in [0.25, 0.3) is 0 Å². The van der Waals surface area contributed by atoms with Crippen molar-refractivity contribution in [3.05, 3.63) is 71.7 Å². The van der Waals surface area contributed by atoms with E-state index in [2.05, 4.69) is 4.98 Å². The molecule has 0 atom stereocenters. The molecule has 2 aromatic carbocycles. The fourth-order valence-electron chi connectivity index (χ4n) is 2.27. The van der Waals surface area contributed by atoms with E-state index in [0.717, 1.165) is 24.4 Å². The van der Waals surface area contributed by atoms with Crippen LogP contribution in [0.25, 0.3) is 11.3 Å². The highest BCUT2D eigenvalue weighted by molar-refractivity contribution is 7.90. The van der Waals surface area contributed by atoms with Crippen LogP contribution in [-0.4, -0.2) is 13.4 Å². The molecule has 1 aromatic heterocycles. The van der Waals surface area contributed by atoms with Crippen molar-refractivity contribution in [2.45, 2.75) is 17.2 Å². The first kappa shape index (κ1) is 18.1. The lowest BCUT2D eigenvalue weighted by atomic mass is 10.1. The Hall–Kier alpha value is -2.68. The Morgan fingerprint density at radius 2 is 1.73 bits per heavy atom. The van der Waals surface area contributed by atoms with Crippen LogP contribution in [0.4, 0.5) is 17.6 Å². The molecule has 0 N–H and O–H groups in total. The van der Waals surface area contributed by atoms with Crippen LogP contribution in [0, 0.1) is 5.82 Å². The van der Waals surface area contributed by atoms with E-state index in [4.69, 9.17) is 4.42 Å². The van der Waals surface area contributed by atoms with Gasteiger partial charge in [0.1, 0.15) is 5.82 Å². The molecule has 0 unspecified atom stereocenters. The fourth-order valence-corrected chi connectivity index (χ4v) is 3.44. The molecule has 4 nitrogen and oxygen atoms in total. The van der Waals surface area contributed by atoms with Gasteiger partial charge in [0.15, 0.2) is 5.76 Å². The number of nitrogens with zero attached hydrogens (tertiary/aromatic N) is 1. The molecule has 0 aliphatic carbocycles. The standard InChI is InChI=1S/C17H11F4NO3S/c18-14-6-4-12(5-7-14)15-9-22-16(25-15)26(23,24)10-11-2-1-3-13(8-11)17(19,20)21/h1-9H,10H2. The van der Waals surface area contributed by atoms with Crippen molar-refractivity contribution in [3.63, 3.8) is 0 Å². The van der Waals surface area contributed by atoms with E-state index in [-0.39, 0.29) is 11.3 Å². The maximum Gasteiger partial charge on any atom is 0.416 e. The highest BCUT2D eigenvalue weighted by atomic mass is 32.2. The Morgan fingerprint density at radius 3 is 2.38 bits per heavy atom. The second kappa shape index (κ2) is 6.56. The summed E-state index contributed by atoms with van der Waals surface area (Å²) in [4.78, 5) is 3.68. The lowest BCUT2D eigenvalue weighted by Crippen LogP contribution is -2.08. The predicted octanol–water partition coefficient (Wildman–Crippen LogP) is 4.47. The van der Waals surface area contributed by atoms with Crippen molar-refractivity contribution < 1.29 is 30.4 Å². The molecule has 26 heavy (non-hydrogen) atoms. The monoisotopic (exact) mass is 385 g/mol. The van der Waals surface area contributed by atoms with Crippen molar-refractivity contribution >= 4 is 9.84 Å². The van der Waals surface area contributed by atoms with Gasteiger partial charge in [-0.05, 0) is 35.9 Å². The summed E-state index contributed by atoms with van der Waals surface area (Å²) < 4.78 is 81.1. The third-order valence-electron chi connectivity index (χ3n) is 3.49. The number of sulfone groups is 1. The van der Waals surface area contributed by atoms with Gasteiger partial charge in [-0.2, -0.15) is 13.2 Å². The second-order valence-electron chi connectivity index (χ2n) is 5.45. The summed E-state index contributed by atoms with van der Waals surface area (Å²) >= 11 is 0. The molecule has 136 valence electrons. The summed E-state index contributed by atoms with van der Waals surface area (Å²) in [6, 6.07) is 9.15. The number of hydrogen-bond donors (Lipinski definition) is 0. The number of halogens is 4. The van der Waals surface area contributed by atoms with E-state index in [1.54, 1.807) is 0 Å². The average Bonchev–Trinajstić information content (AvgIpc) is 3.05. The topological polar surface area (TPSA) is 60.2 Å². The molecule has 0 fully saturated rings. The SMILES string of the molecule is O=S(=O)(Cc1cccc(C(F)(F)F)c1)c1ncc(-c2ccc(F)cc2)o1. The Balaban J connectivity index is 1.86. The molecule has 0 aliphatic heterocycles. The van der Waals surface area contributed by atoms with Crippen LogP contribution in [0.2, 0.25) is 0 Å². The molecular weight excluding hydrogens is 374 g/mol. The van der Waals surface area contributed by atoms with Crippen LogP contribution in [0.15, 0.2) is 64.4 Å². The third-order valence-corrected chi connectivity index (χ3v) is 4.92. The number of alkyl halides is 3. The van der Waals surface area contributed by atoms with E-state index in [9.17, 15) is 26.0 Å². The Labute approximate surface area is 146 Å². The van der Waals surface area contributed by atoms with Gasteiger partial charge in [-0.3, -0.25) is 0 Å². The zero-order valence-electron chi connectivity index (χ0n) is 13.0. The van der Waals surface area contributed by atoms with Gasteiger partial charge in [0, 0.05) is 5.56 Å². The molecule has 0 saturated carbocycles. The summed E-state index contributed by atoms with van der Waals surface area (Å²) in [6.45, 7) is 0. The quantitative estimate of drug-likeness (QED) is 0.622. The molecule has 0 radical (unpaired) electrons. The lowest BCUT2D eigenvalue weighted by molar-refractivity contribution is -0.137. The van der Waals surface area contributed by atoms with Crippen LogP contribution < -0.4 is 0 Å². The number of oxazole rings is 1. The molecule has 0 amide bonds. The maximum absolute atomic E-state index is 12.9. The largest absolute Gasteiger partial charge is 0.428 e. The normalized spacial score (nSPS) is 12.3. The van der Waals surface area contributed by atoms with Crippen molar-refractivity contribution in [1.82, 2.24) is 4.98 Å². The van der Waals surface area contributed by atoms with Crippen molar-refractivity contribution in [2.75, 3.05) is 0 Å². The third kappa shape index (κ3) is 3.93.